The van der Waals surface area contributed by atoms with Gasteiger partial charge in [-0.2, -0.15) is 0 Å². The monoisotopic (exact) mass is 303 g/mol. The molecule has 3 aliphatic rings. The van der Waals surface area contributed by atoms with Crippen LogP contribution in [-0.2, 0) is 9.59 Å². The molecule has 3 heteroatoms. The molecule has 2 saturated carbocycles. The van der Waals surface area contributed by atoms with Crippen LogP contribution in [0.1, 0.15) is 72.1 Å². The largest absolute Gasteiger partial charge is 0.355 e. The zero-order valence-corrected chi connectivity index (χ0v) is 14.3. The molecule has 0 unspecified atom stereocenters. The summed E-state index contributed by atoms with van der Waals surface area (Å²) in [6.45, 7) is 7.01. The van der Waals surface area contributed by atoms with Crippen LogP contribution in [0.4, 0.5) is 0 Å². The van der Waals surface area contributed by atoms with E-state index in [1.165, 1.54) is 31.3 Å². The van der Waals surface area contributed by atoms with Gasteiger partial charge in [-0.25, -0.2) is 0 Å². The van der Waals surface area contributed by atoms with Gasteiger partial charge in [0.15, 0.2) is 0 Å². The molecule has 0 saturated heterocycles. The van der Waals surface area contributed by atoms with Crippen LogP contribution < -0.4 is 5.32 Å². The SMILES string of the molecule is CC1(C)[C@@]2(C(=O)NCCC3=CCCCC3)CC[C@@]1(C)C(=O)C2. The zero-order valence-electron chi connectivity index (χ0n) is 14.3. The Balaban J connectivity index is 1.65. The third kappa shape index (κ3) is 2.00. The van der Waals surface area contributed by atoms with Crippen LogP contribution in [0.5, 0.6) is 0 Å². The predicted molar refractivity (Wildman–Crippen MR) is 87.4 cm³/mol. The number of fused-ring (bicyclic) bond motifs is 2. The molecular weight excluding hydrogens is 274 g/mol. The van der Waals surface area contributed by atoms with Crippen LogP contribution in [-0.4, -0.2) is 18.2 Å². The fourth-order valence-corrected chi connectivity index (χ4v) is 5.00. The molecule has 0 aromatic heterocycles. The van der Waals surface area contributed by atoms with Crippen molar-refractivity contribution in [1.82, 2.24) is 5.32 Å². The molecule has 2 bridgehead atoms. The molecule has 0 aliphatic heterocycles. The highest BCUT2D eigenvalue weighted by molar-refractivity contribution is 5.99. The second-order valence-corrected chi connectivity index (χ2v) is 8.25. The summed E-state index contributed by atoms with van der Waals surface area (Å²) in [6, 6.07) is 0. The molecule has 1 N–H and O–H groups in total. The number of hydrogen-bond donors (Lipinski definition) is 1. The number of nitrogens with one attached hydrogen (secondary N) is 1. The Labute approximate surface area is 133 Å². The fraction of sp³-hybridized carbons (Fsp3) is 0.789. The van der Waals surface area contributed by atoms with Crippen molar-refractivity contribution in [1.29, 1.82) is 0 Å². The van der Waals surface area contributed by atoms with E-state index in [4.69, 9.17) is 0 Å². The van der Waals surface area contributed by atoms with Crippen molar-refractivity contribution >= 4 is 11.7 Å². The molecule has 3 nitrogen and oxygen atoms in total. The van der Waals surface area contributed by atoms with Gasteiger partial charge in [0, 0.05) is 18.4 Å². The van der Waals surface area contributed by atoms with Crippen molar-refractivity contribution in [3.8, 4) is 0 Å². The summed E-state index contributed by atoms with van der Waals surface area (Å²) < 4.78 is 0. The fourth-order valence-electron chi connectivity index (χ4n) is 5.00. The first-order valence-corrected chi connectivity index (χ1v) is 8.83. The molecule has 3 aliphatic carbocycles. The van der Waals surface area contributed by atoms with Gasteiger partial charge in [-0.3, -0.25) is 9.59 Å². The van der Waals surface area contributed by atoms with Crippen molar-refractivity contribution < 1.29 is 9.59 Å². The van der Waals surface area contributed by atoms with Crippen LogP contribution in [0.25, 0.3) is 0 Å². The third-order valence-electron chi connectivity index (χ3n) is 7.26. The van der Waals surface area contributed by atoms with Crippen molar-refractivity contribution in [3.63, 3.8) is 0 Å². The number of allylic oxidation sites excluding steroid dienone is 1. The Hall–Kier alpha value is -1.12. The lowest BCUT2D eigenvalue weighted by atomic mass is 9.64. The van der Waals surface area contributed by atoms with E-state index in [0.29, 0.717) is 13.0 Å². The predicted octanol–water partition coefficient (Wildman–Crippen LogP) is 3.78. The number of hydrogen-bond acceptors (Lipinski definition) is 2. The van der Waals surface area contributed by atoms with E-state index in [-0.39, 0.29) is 22.5 Å². The van der Waals surface area contributed by atoms with Gasteiger partial charge < -0.3 is 5.32 Å². The third-order valence-corrected chi connectivity index (χ3v) is 7.26. The lowest BCUT2D eigenvalue weighted by Crippen LogP contribution is -2.47. The van der Waals surface area contributed by atoms with Crippen LogP contribution in [0.15, 0.2) is 11.6 Å². The summed E-state index contributed by atoms with van der Waals surface area (Å²) >= 11 is 0. The molecule has 0 spiro atoms. The lowest BCUT2D eigenvalue weighted by Gasteiger charge is -2.38. The molecule has 1 amide bonds. The van der Waals surface area contributed by atoms with Gasteiger partial charge in [-0.05, 0) is 50.4 Å². The van der Waals surface area contributed by atoms with Gasteiger partial charge in [0.1, 0.15) is 5.78 Å². The Morgan fingerprint density at radius 3 is 2.55 bits per heavy atom. The maximum Gasteiger partial charge on any atom is 0.227 e. The van der Waals surface area contributed by atoms with Crippen LogP contribution in [0.3, 0.4) is 0 Å². The average molecular weight is 303 g/mol. The van der Waals surface area contributed by atoms with Crippen molar-refractivity contribution in [2.45, 2.75) is 72.1 Å². The maximum absolute atomic E-state index is 12.9. The molecule has 3 rings (SSSR count). The molecule has 0 aromatic rings. The van der Waals surface area contributed by atoms with Gasteiger partial charge in [-0.15, -0.1) is 0 Å². The van der Waals surface area contributed by atoms with Gasteiger partial charge in [0.05, 0.1) is 5.41 Å². The number of ketones is 1. The van der Waals surface area contributed by atoms with Gasteiger partial charge >= 0.3 is 0 Å². The summed E-state index contributed by atoms with van der Waals surface area (Å²) in [5.41, 5.74) is 0.475. The van der Waals surface area contributed by atoms with E-state index in [0.717, 1.165) is 19.3 Å². The molecule has 0 heterocycles. The Morgan fingerprint density at radius 2 is 2.00 bits per heavy atom. The van der Waals surface area contributed by atoms with Gasteiger partial charge in [-0.1, -0.05) is 32.4 Å². The van der Waals surface area contributed by atoms with Crippen LogP contribution in [0, 0.1) is 16.2 Å². The van der Waals surface area contributed by atoms with Crippen molar-refractivity contribution in [2.75, 3.05) is 6.54 Å². The van der Waals surface area contributed by atoms with E-state index in [1.807, 2.05) is 0 Å². The van der Waals surface area contributed by atoms with Gasteiger partial charge in [0.2, 0.25) is 5.91 Å². The molecule has 0 aromatic carbocycles. The number of carbonyl (C=O) groups is 2. The summed E-state index contributed by atoms with van der Waals surface area (Å²) in [6.07, 6.45) is 10.4. The molecule has 0 radical (unpaired) electrons. The van der Waals surface area contributed by atoms with Crippen LogP contribution >= 0.6 is 0 Å². The first-order chi connectivity index (χ1) is 10.3. The normalized spacial score (nSPS) is 36.3. The van der Waals surface area contributed by atoms with Gasteiger partial charge in [0.25, 0.3) is 0 Å². The number of Topliss-reactive ketones (excluding diaryl/α,β-unsaturated/α-hetero) is 1. The first-order valence-electron chi connectivity index (χ1n) is 8.83. The van der Waals surface area contributed by atoms with E-state index in [9.17, 15) is 9.59 Å². The average Bonchev–Trinajstić information content (AvgIpc) is 2.78. The van der Waals surface area contributed by atoms with E-state index >= 15 is 0 Å². The Kier molecular flexibility index (Phi) is 3.73. The molecule has 122 valence electrons. The summed E-state index contributed by atoms with van der Waals surface area (Å²) in [5, 5.41) is 3.15. The van der Waals surface area contributed by atoms with E-state index < -0.39 is 5.41 Å². The minimum Gasteiger partial charge on any atom is -0.355 e. The standard InChI is InChI=1S/C19H29NO2/c1-17(2)18(3)10-11-19(17,13-15(18)21)16(22)20-12-9-14-7-5-4-6-8-14/h7H,4-6,8-13H2,1-3H3,(H,20,22)/t18-,19-/m0/s1. The smallest absolute Gasteiger partial charge is 0.227 e. The second kappa shape index (κ2) is 5.21. The minimum atomic E-state index is -0.472. The van der Waals surface area contributed by atoms with Crippen LogP contribution in [0.2, 0.25) is 0 Å². The Morgan fingerprint density at radius 1 is 1.23 bits per heavy atom. The van der Waals surface area contributed by atoms with Crippen molar-refractivity contribution in [3.05, 3.63) is 11.6 Å². The Bertz CT molecular complexity index is 534. The highest BCUT2D eigenvalue weighted by Crippen LogP contribution is 2.70. The minimum absolute atomic E-state index is 0.114. The zero-order chi connectivity index (χ0) is 16.0. The summed E-state index contributed by atoms with van der Waals surface area (Å²) in [7, 11) is 0. The lowest BCUT2D eigenvalue weighted by molar-refractivity contribution is -0.136. The topological polar surface area (TPSA) is 46.2 Å². The highest BCUT2D eigenvalue weighted by atomic mass is 16.2. The molecule has 2 fully saturated rings. The first kappa shape index (κ1) is 15.8. The van der Waals surface area contributed by atoms with E-state index in [1.54, 1.807) is 0 Å². The molecule has 2 atom stereocenters. The number of carbonyl (C=O) groups excluding carboxylic acids is 2. The number of rotatable bonds is 4. The highest BCUT2D eigenvalue weighted by Gasteiger charge is 2.72. The number of amides is 1. The summed E-state index contributed by atoms with van der Waals surface area (Å²) in [5.74, 6) is 0.400. The molecule has 22 heavy (non-hydrogen) atoms. The second-order valence-electron chi connectivity index (χ2n) is 8.25. The quantitative estimate of drug-likeness (QED) is 0.803. The summed E-state index contributed by atoms with van der Waals surface area (Å²) in [4.78, 5) is 25.3. The maximum atomic E-state index is 12.9. The van der Waals surface area contributed by atoms with Crippen molar-refractivity contribution in [2.24, 2.45) is 16.2 Å². The van der Waals surface area contributed by atoms with E-state index in [2.05, 4.69) is 32.2 Å². The molecular formula is C19H29NO2.